The lowest BCUT2D eigenvalue weighted by atomic mass is 10.0. The number of hydrogen-bond acceptors (Lipinski definition) is 3. The molecule has 1 aromatic heterocycles. The molecule has 0 radical (unpaired) electrons. The lowest BCUT2D eigenvalue weighted by molar-refractivity contribution is 0.872. The Labute approximate surface area is 127 Å². The minimum Gasteiger partial charge on any atom is -0.370 e. The molecule has 0 bridgehead atoms. The molecular weight excluding hydrogens is 258 g/mol. The average molecular weight is 283 g/mol. The first kappa shape index (κ1) is 15.5. The first-order valence-electron chi connectivity index (χ1n) is 7.84. The van der Waals surface area contributed by atoms with E-state index in [0.29, 0.717) is 0 Å². The normalized spacial score (nSPS) is 10.7. The molecule has 1 N–H and O–H groups in total. The summed E-state index contributed by atoms with van der Waals surface area (Å²) in [5.41, 5.74) is 4.78. The van der Waals surface area contributed by atoms with E-state index in [4.69, 9.17) is 9.97 Å². The predicted molar refractivity (Wildman–Crippen MR) is 89.7 cm³/mol. The van der Waals surface area contributed by atoms with Crippen molar-refractivity contribution in [3.63, 3.8) is 0 Å². The van der Waals surface area contributed by atoms with Crippen LogP contribution in [-0.4, -0.2) is 16.5 Å². The molecule has 3 heteroatoms. The molecule has 1 aromatic carbocycles. The third-order valence-corrected chi connectivity index (χ3v) is 3.69. The number of rotatable bonds is 6. The fraction of sp³-hybridized carbons (Fsp3) is 0.444. The highest BCUT2D eigenvalue weighted by molar-refractivity contribution is 5.63. The second-order valence-corrected chi connectivity index (χ2v) is 5.49. The Kier molecular flexibility index (Phi) is 5.32. The molecule has 2 aromatic rings. The number of aryl methyl sites for hydroxylation is 2. The van der Waals surface area contributed by atoms with Gasteiger partial charge in [0.15, 0.2) is 5.82 Å². The molecule has 112 valence electrons. The average Bonchev–Trinajstić information content (AvgIpc) is 2.48. The summed E-state index contributed by atoms with van der Waals surface area (Å²) in [5, 5.41) is 3.39. The van der Waals surface area contributed by atoms with Crippen molar-refractivity contribution in [1.82, 2.24) is 9.97 Å². The van der Waals surface area contributed by atoms with Crippen LogP contribution >= 0.6 is 0 Å². The van der Waals surface area contributed by atoms with E-state index in [2.05, 4.69) is 57.3 Å². The van der Waals surface area contributed by atoms with Crippen LogP contribution in [-0.2, 0) is 6.42 Å². The molecular formula is C18H25N3. The van der Waals surface area contributed by atoms with Crippen molar-refractivity contribution in [1.29, 1.82) is 0 Å². The van der Waals surface area contributed by atoms with Crippen molar-refractivity contribution in [3.8, 4) is 11.4 Å². The molecule has 0 fully saturated rings. The van der Waals surface area contributed by atoms with Crippen LogP contribution in [0.5, 0.6) is 0 Å². The summed E-state index contributed by atoms with van der Waals surface area (Å²) in [7, 11) is 0. The zero-order valence-electron chi connectivity index (χ0n) is 13.5. The van der Waals surface area contributed by atoms with Crippen LogP contribution in [0.4, 0.5) is 5.82 Å². The van der Waals surface area contributed by atoms with Gasteiger partial charge < -0.3 is 5.32 Å². The summed E-state index contributed by atoms with van der Waals surface area (Å²) in [6.45, 7) is 9.55. The van der Waals surface area contributed by atoms with E-state index in [1.807, 2.05) is 0 Å². The van der Waals surface area contributed by atoms with Crippen molar-refractivity contribution < 1.29 is 0 Å². The van der Waals surface area contributed by atoms with Gasteiger partial charge in [0, 0.05) is 23.9 Å². The Balaban J connectivity index is 2.45. The molecule has 2 rings (SSSR count). The first-order valence-corrected chi connectivity index (χ1v) is 7.84. The number of nitrogens with zero attached hydrogens (tertiary/aromatic N) is 2. The highest BCUT2D eigenvalue weighted by atomic mass is 15.0. The Morgan fingerprint density at radius 2 is 1.86 bits per heavy atom. The van der Waals surface area contributed by atoms with Crippen LogP contribution in [0, 0.1) is 13.8 Å². The fourth-order valence-corrected chi connectivity index (χ4v) is 2.34. The number of hydrogen-bond donors (Lipinski definition) is 1. The quantitative estimate of drug-likeness (QED) is 0.846. The van der Waals surface area contributed by atoms with E-state index in [0.717, 1.165) is 48.7 Å². The molecule has 0 spiro atoms. The smallest absolute Gasteiger partial charge is 0.162 e. The van der Waals surface area contributed by atoms with Gasteiger partial charge in [0.1, 0.15) is 5.82 Å². The lowest BCUT2D eigenvalue weighted by Crippen LogP contribution is -2.06. The van der Waals surface area contributed by atoms with Crippen molar-refractivity contribution in [3.05, 3.63) is 41.1 Å². The van der Waals surface area contributed by atoms with Crippen LogP contribution in [0.1, 0.15) is 43.5 Å². The van der Waals surface area contributed by atoms with Crippen molar-refractivity contribution in [2.24, 2.45) is 0 Å². The maximum Gasteiger partial charge on any atom is 0.162 e. The summed E-state index contributed by atoms with van der Waals surface area (Å²) in [6.07, 6.45) is 3.17. The molecule has 1 heterocycles. The van der Waals surface area contributed by atoms with Gasteiger partial charge in [-0.15, -0.1) is 0 Å². The van der Waals surface area contributed by atoms with Crippen LogP contribution in [0.2, 0.25) is 0 Å². The van der Waals surface area contributed by atoms with Crippen LogP contribution in [0.3, 0.4) is 0 Å². The molecule has 0 saturated heterocycles. The molecule has 0 amide bonds. The maximum absolute atomic E-state index is 4.75. The highest BCUT2D eigenvalue weighted by Gasteiger charge is 2.10. The molecule has 0 saturated carbocycles. The Hall–Kier alpha value is -1.90. The minimum atomic E-state index is 0.834. The number of nitrogens with one attached hydrogen (secondary N) is 1. The van der Waals surface area contributed by atoms with E-state index in [1.165, 1.54) is 11.1 Å². The Morgan fingerprint density at radius 1 is 1.05 bits per heavy atom. The number of aromatic nitrogens is 2. The van der Waals surface area contributed by atoms with E-state index in [1.54, 1.807) is 0 Å². The molecule has 21 heavy (non-hydrogen) atoms. The maximum atomic E-state index is 4.75. The molecule has 0 unspecified atom stereocenters. The summed E-state index contributed by atoms with van der Waals surface area (Å²) >= 11 is 0. The summed E-state index contributed by atoms with van der Waals surface area (Å²) < 4.78 is 0. The number of anilines is 1. The Bertz CT molecular complexity index is 605. The first-order chi connectivity index (χ1) is 10.2. The molecule has 0 atom stereocenters. The van der Waals surface area contributed by atoms with Gasteiger partial charge in [-0.2, -0.15) is 0 Å². The second-order valence-electron chi connectivity index (χ2n) is 5.49. The van der Waals surface area contributed by atoms with Gasteiger partial charge in [0.2, 0.25) is 0 Å². The molecule has 0 aliphatic rings. The van der Waals surface area contributed by atoms with Gasteiger partial charge in [-0.1, -0.05) is 38.5 Å². The van der Waals surface area contributed by atoms with E-state index >= 15 is 0 Å². The summed E-state index contributed by atoms with van der Waals surface area (Å²) in [4.78, 5) is 9.46. The van der Waals surface area contributed by atoms with Gasteiger partial charge in [0.05, 0.1) is 0 Å². The monoisotopic (exact) mass is 283 g/mol. The fourth-order valence-electron chi connectivity index (χ4n) is 2.34. The zero-order chi connectivity index (χ0) is 15.2. The second kappa shape index (κ2) is 7.21. The predicted octanol–water partition coefficient (Wildman–Crippen LogP) is 4.53. The van der Waals surface area contributed by atoms with Crippen molar-refractivity contribution >= 4 is 5.82 Å². The van der Waals surface area contributed by atoms with E-state index in [-0.39, 0.29) is 0 Å². The summed E-state index contributed by atoms with van der Waals surface area (Å²) in [5.74, 6) is 1.77. The summed E-state index contributed by atoms with van der Waals surface area (Å²) in [6, 6.07) is 8.39. The minimum absolute atomic E-state index is 0.834. The SMILES string of the molecule is CCCNc1cc(CCC)nc(-c2cccc(C)c2C)n1. The molecule has 3 nitrogen and oxygen atoms in total. The van der Waals surface area contributed by atoms with Gasteiger partial charge in [-0.25, -0.2) is 9.97 Å². The lowest BCUT2D eigenvalue weighted by Gasteiger charge is -2.12. The largest absolute Gasteiger partial charge is 0.370 e. The highest BCUT2D eigenvalue weighted by Crippen LogP contribution is 2.24. The third kappa shape index (κ3) is 3.81. The molecule has 0 aliphatic heterocycles. The van der Waals surface area contributed by atoms with E-state index in [9.17, 15) is 0 Å². The standard InChI is InChI=1S/C18H25N3/c1-5-8-15-12-17(19-11-6-2)21-18(20-15)16-10-7-9-13(3)14(16)4/h7,9-10,12H,5-6,8,11H2,1-4H3,(H,19,20,21). The van der Waals surface area contributed by atoms with Gasteiger partial charge in [-0.05, 0) is 37.8 Å². The topological polar surface area (TPSA) is 37.8 Å². The molecule has 0 aliphatic carbocycles. The van der Waals surface area contributed by atoms with Crippen molar-refractivity contribution in [2.75, 3.05) is 11.9 Å². The third-order valence-electron chi connectivity index (χ3n) is 3.69. The van der Waals surface area contributed by atoms with E-state index < -0.39 is 0 Å². The van der Waals surface area contributed by atoms with Gasteiger partial charge >= 0.3 is 0 Å². The number of benzene rings is 1. The van der Waals surface area contributed by atoms with Crippen LogP contribution in [0.25, 0.3) is 11.4 Å². The van der Waals surface area contributed by atoms with Crippen LogP contribution in [0.15, 0.2) is 24.3 Å². The van der Waals surface area contributed by atoms with Gasteiger partial charge in [0.25, 0.3) is 0 Å². The van der Waals surface area contributed by atoms with Gasteiger partial charge in [-0.3, -0.25) is 0 Å². The van der Waals surface area contributed by atoms with Crippen LogP contribution < -0.4 is 5.32 Å². The zero-order valence-corrected chi connectivity index (χ0v) is 13.5. The Morgan fingerprint density at radius 3 is 2.57 bits per heavy atom. The van der Waals surface area contributed by atoms with Crippen molar-refractivity contribution in [2.45, 2.75) is 47.0 Å².